The third kappa shape index (κ3) is 7.08. The molecule has 0 radical (unpaired) electrons. The fraction of sp³-hybridized carbons (Fsp3) is 0.833. The van der Waals surface area contributed by atoms with Crippen LogP contribution in [0.2, 0.25) is 0 Å². The van der Waals surface area contributed by atoms with Crippen LogP contribution in [0.5, 0.6) is 0 Å². The number of carbonyl (C=O) groups excluding carboxylic acids is 1. The summed E-state index contributed by atoms with van der Waals surface area (Å²) >= 11 is 0. The highest BCUT2D eigenvalue weighted by Crippen LogP contribution is 1.91. The van der Waals surface area contributed by atoms with Crippen LogP contribution in [-0.2, 0) is 4.74 Å². The van der Waals surface area contributed by atoms with Gasteiger partial charge in [-0.05, 0) is 14.1 Å². The van der Waals surface area contributed by atoms with E-state index in [-0.39, 0.29) is 0 Å². The van der Waals surface area contributed by atoms with Crippen molar-refractivity contribution in [2.24, 2.45) is 11.5 Å². The molecule has 0 aromatic heterocycles. The molecular formula is C6H15N3O2. The van der Waals surface area contributed by atoms with Gasteiger partial charge in [-0.1, -0.05) is 0 Å². The van der Waals surface area contributed by atoms with Crippen LogP contribution in [0.25, 0.3) is 0 Å². The number of amides is 1. The molecule has 0 heterocycles. The van der Waals surface area contributed by atoms with Gasteiger partial charge in [0.05, 0.1) is 0 Å². The van der Waals surface area contributed by atoms with Gasteiger partial charge in [-0.25, -0.2) is 4.79 Å². The van der Waals surface area contributed by atoms with Gasteiger partial charge in [0.25, 0.3) is 0 Å². The van der Waals surface area contributed by atoms with E-state index < -0.39 is 12.3 Å². The van der Waals surface area contributed by atoms with Gasteiger partial charge >= 0.3 is 6.09 Å². The SMILES string of the molecule is CN(C)CCC(N)OC(N)=O. The van der Waals surface area contributed by atoms with Crippen molar-refractivity contribution in [1.82, 2.24) is 4.90 Å². The Labute approximate surface area is 66.3 Å². The Hall–Kier alpha value is -0.810. The van der Waals surface area contributed by atoms with Crippen molar-refractivity contribution >= 4 is 6.09 Å². The Morgan fingerprint density at radius 3 is 2.55 bits per heavy atom. The van der Waals surface area contributed by atoms with Gasteiger partial charge < -0.3 is 15.4 Å². The summed E-state index contributed by atoms with van der Waals surface area (Å²) in [6.45, 7) is 0.772. The second-order valence-electron chi connectivity index (χ2n) is 2.57. The maximum atomic E-state index is 10.2. The molecule has 0 aliphatic rings. The molecule has 0 aliphatic heterocycles. The number of hydrogen-bond donors (Lipinski definition) is 2. The largest absolute Gasteiger partial charge is 0.431 e. The van der Waals surface area contributed by atoms with Crippen LogP contribution in [-0.4, -0.2) is 37.9 Å². The molecule has 0 saturated carbocycles. The third-order valence-corrected chi connectivity index (χ3v) is 1.13. The zero-order valence-corrected chi connectivity index (χ0v) is 6.91. The van der Waals surface area contributed by atoms with E-state index in [0.29, 0.717) is 6.42 Å². The van der Waals surface area contributed by atoms with Gasteiger partial charge in [0.2, 0.25) is 0 Å². The molecule has 0 aliphatic carbocycles. The quantitative estimate of drug-likeness (QED) is 0.535. The molecule has 0 aromatic carbocycles. The average Bonchev–Trinajstić information content (AvgIpc) is 1.82. The third-order valence-electron chi connectivity index (χ3n) is 1.13. The highest BCUT2D eigenvalue weighted by atomic mass is 16.6. The van der Waals surface area contributed by atoms with Crippen molar-refractivity contribution < 1.29 is 9.53 Å². The van der Waals surface area contributed by atoms with Gasteiger partial charge in [-0.3, -0.25) is 5.73 Å². The fourth-order valence-corrected chi connectivity index (χ4v) is 0.594. The monoisotopic (exact) mass is 161 g/mol. The second-order valence-corrected chi connectivity index (χ2v) is 2.57. The molecule has 0 fully saturated rings. The van der Waals surface area contributed by atoms with Crippen LogP contribution in [0.3, 0.4) is 0 Å². The number of primary amides is 1. The molecule has 5 heteroatoms. The highest BCUT2D eigenvalue weighted by Gasteiger charge is 2.05. The number of nitrogens with zero attached hydrogens (tertiary/aromatic N) is 1. The summed E-state index contributed by atoms with van der Waals surface area (Å²) in [6, 6.07) is 0. The topological polar surface area (TPSA) is 81.6 Å². The van der Waals surface area contributed by atoms with Crippen molar-refractivity contribution in [2.75, 3.05) is 20.6 Å². The Kier molecular flexibility index (Phi) is 4.56. The van der Waals surface area contributed by atoms with Crippen LogP contribution < -0.4 is 11.5 Å². The first-order chi connectivity index (χ1) is 5.02. The molecule has 0 saturated heterocycles. The summed E-state index contributed by atoms with van der Waals surface area (Å²) in [5, 5.41) is 0. The van der Waals surface area contributed by atoms with Gasteiger partial charge in [0, 0.05) is 13.0 Å². The Bertz CT molecular complexity index is 127. The minimum Gasteiger partial charge on any atom is -0.431 e. The van der Waals surface area contributed by atoms with E-state index in [9.17, 15) is 4.79 Å². The normalized spacial score (nSPS) is 13.1. The van der Waals surface area contributed by atoms with E-state index in [1.807, 2.05) is 19.0 Å². The van der Waals surface area contributed by atoms with Crippen LogP contribution in [0.4, 0.5) is 4.79 Å². The standard InChI is InChI=1S/C6H15N3O2/c1-9(2)4-3-5(7)11-6(8)10/h5H,3-4,7H2,1-2H3,(H2,8,10). The molecule has 1 atom stereocenters. The van der Waals surface area contributed by atoms with Gasteiger partial charge in [0.15, 0.2) is 6.23 Å². The first kappa shape index (κ1) is 10.2. The minimum atomic E-state index is -0.823. The predicted octanol–water partition coefficient (Wildman–Crippen LogP) is -0.682. The molecule has 1 amide bonds. The summed E-state index contributed by atoms with van der Waals surface area (Å²) in [4.78, 5) is 12.1. The van der Waals surface area contributed by atoms with Crippen molar-refractivity contribution in [3.63, 3.8) is 0 Å². The number of nitrogens with two attached hydrogens (primary N) is 2. The zero-order valence-electron chi connectivity index (χ0n) is 6.91. The van der Waals surface area contributed by atoms with Crippen molar-refractivity contribution in [2.45, 2.75) is 12.6 Å². The van der Waals surface area contributed by atoms with Crippen molar-refractivity contribution in [3.05, 3.63) is 0 Å². The Balaban J connectivity index is 3.37. The summed E-state index contributed by atoms with van der Waals surface area (Å²) < 4.78 is 4.49. The maximum absolute atomic E-state index is 10.2. The minimum absolute atomic E-state index is 0.588. The number of hydrogen-bond acceptors (Lipinski definition) is 4. The predicted molar refractivity (Wildman–Crippen MR) is 41.8 cm³/mol. The molecule has 0 rings (SSSR count). The smallest absolute Gasteiger partial charge is 0.406 e. The lowest BCUT2D eigenvalue weighted by Crippen LogP contribution is -2.32. The summed E-state index contributed by atoms with van der Waals surface area (Å²) in [6.07, 6.45) is -0.818. The Morgan fingerprint density at radius 2 is 2.18 bits per heavy atom. The van der Waals surface area contributed by atoms with Crippen LogP contribution in [0, 0.1) is 0 Å². The van der Waals surface area contributed by atoms with E-state index in [1.54, 1.807) is 0 Å². The van der Waals surface area contributed by atoms with Crippen LogP contribution in [0.1, 0.15) is 6.42 Å². The lowest BCUT2D eigenvalue weighted by atomic mass is 10.4. The lowest BCUT2D eigenvalue weighted by molar-refractivity contribution is 0.0997. The number of ether oxygens (including phenoxy) is 1. The first-order valence-electron chi connectivity index (χ1n) is 3.38. The van der Waals surface area contributed by atoms with E-state index in [4.69, 9.17) is 11.5 Å². The Morgan fingerprint density at radius 1 is 1.64 bits per heavy atom. The van der Waals surface area contributed by atoms with E-state index in [1.165, 1.54) is 0 Å². The summed E-state index contributed by atoms with van der Waals surface area (Å²) in [7, 11) is 3.83. The number of rotatable bonds is 4. The molecule has 11 heavy (non-hydrogen) atoms. The zero-order chi connectivity index (χ0) is 8.85. The molecular weight excluding hydrogens is 146 g/mol. The van der Waals surface area contributed by atoms with Crippen LogP contribution in [0.15, 0.2) is 0 Å². The number of carbonyl (C=O) groups is 1. The van der Waals surface area contributed by atoms with Crippen molar-refractivity contribution in [3.8, 4) is 0 Å². The van der Waals surface area contributed by atoms with Gasteiger partial charge in [-0.15, -0.1) is 0 Å². The van der Waals surface area contributed by atoms with E-state index in [0.717, 1.165) is 6.54 Å². The molecule has 0 aromatic rings. The summed E-state index contributed by atoms with van der Waals surface area (Å²) in [5.41, 5.74) is 10.1. The molecule has 66 valence electrons. The first-order valence-corrected chi connectivity index (χ1v) is 3.38. The van der Waals surface area contributed by atoms with Crippen LogP contribution >= 0.6 is 0 Å². The van der Waals surface area contributed by atoms with Crippen molar-refractivity contribution in [1.29, 1.82) is 0 Å². The molecule has 0 spiro atoms. The molecule has 0 bridgehead atoms. The average molecular weight is 161 g/mol. The molecule has 1 unspecified atom stereocenters. The fourth-order valence-electron chi connectivity index (χ4n) is 0.594. The molecule has 4 N–H and O–H groups in total. The van der Waals surface area contributed by atoms with Gasteiger partial charge in [-0.2, -0.15) is 0 Å². The maximum Gasteiger partial charge on any atom is 0.406 e. The molecule has 5 nitrogen and oxygen atoms in total. The van der Waals surface area contributed by atoms with E-state index in [2.05, 4.69) is 4.74 Å². The lowest BCUT2D eigenvalue weighted by Gasteiger charge is -2.14. The second kappa shape index (κ2) is 4.92. The summed E-state index contributed by atoms with van der Waals surface area (Å²) in [5.74, 6) is 0. The highest BCUT2D eigenvalue weighted by molar-refractivity contribution is 5.64. The van der Waals surface area contributed by atoms with Gasteiger partial charge in [0.1, 0.15) is 0 Å². The van der Waals surface area contributed by atoms with E-state index >= 15 is 0 Å².